The summed E-state index contributed by atoms with van der Waals surface area (Å²) in [6.07, 6.45) is 3.42. The van der Waals surface area contributed by atoms with Crippen LogP contribution in [0.3, 0.4) is 0 Å². The fourth-order valence-corrected chi connectivity index (χ4v) is 2.29. The van der Waals surface area contributed by atoms with Gasteiger partial charge in [0.05, 0.1) is 12.4 Å². The third-order valence-electron chi connectivity index (χ3n) is 3.97. The van der Waals surface area contributed by atoms with Crippen LogP contribution in [0.25, 0.3) is 0 Å². The van der Waals surface area contributed by atoms with Crippen LogP contribution in [-0.2, 0) is 9.59 Å². The van der Waals surface area contributed by atoms with Crippen molar-refractivity contribution >= 4 is 24.2 Å². The zero-order valence-corrected chi connectivity index (χ0v) is 15.8. The number of carbonyl (C=O) groups is 2. The molecule has 0 aromatic heterocycles. The predicted octanol–water partition coefficient (Wildman–Crippen LogP) is 2.93. The Hall–Kier alpha value is -3.28. The van der Waals surface area contributed by atoms with Gasteiger partial charge < -0.3 is 0 Å². The van der Waals surface area contributed by atoms with Gasteiger partial charge in [0.2, 0.25) is 0 Å². The largest absolute Gasteiger partial charge is 0.272 e. The lowest BCUT2D eigenvalue weighted by Gasteiger charge is -2.10. The molecule has 0 aliphatic carbocycles. The summed E-state index contributed by atoms with van der Waals surface area (Å²) in [7, 11) is 0. The molecule has 0 aliphatic heterocycles. The van der Waals surface area contributed by atoms with Gasteiger partial charge >= 0.3 is 0 Å². The SMILES string of the molecule is CCC(C(=O)N/N=C\c1ccc(C)cc1)C(=O)N/N=C\c1ccc(C)cc1. The van der Waals surface area contributed by atoms with E-state index in [9.17, 15) is 9.59 Å². The first kappa shape index (κ1) is 20.0. The van der Waals surface area contributed by atoms with Crippen molar-refractivity contribution < 1.29 is 9.59 Å². The van der Waals surface area contributed by atoms with E-state index in [1.165, 1.54) is 12.4 Å². The van der Waals surface area contributed by atoms with Crippen LogP contribution >= 0.6 is 0 Å². The molecule has 0 saturated carbocycles. The Kier molecular flexibility index (Phi) is 7.43. The number of hydrazone groups is 2. The van der Waals surface area contributed by atoms with Crippen molar-refractivity contribution in [1.82, 2.24) is 10.9 Å². The number of nitrogens with zero attached hydrogens (tertiary/aromatic N) is 2. The molecule has 0 heterocycles. The van der Waals surface area contributed by atoms with Gasteiger partial charge in [0.25, 0.3) is 11.8 Å². The lowest BCUT2D eigenvalue weighted by Crippen LogP contribution is -2.37. The molecule has 0 aliphatic rings. The normalized spacial score (nSPS) is 11.3. The summed E-state index contributed by atoms with van der Waals surface area (Å²) in [6.45, 7) is 5.75. The number of carbonyl (C=O) groups excluding carboxylic acids is 2. The van der Waals surface area contributed by atoms with Crippen LogP contribution in [0.2, 0.25) is 0 Å². The Balaban J connectivity index is 1.87. The first-order valence-corrected chi connectivity index (χ1v) is 8.78. The molecule has 2 aromatic carbocycles. The average Bonchev–Trinajstić information content (AvgIpc) is 2.65. The van der Waals surface area contributed by atoms with E-state index in [0.29, 0.717) is 6.42 Å². The number of aryl methyl sites for hydroxylation is 2. The highest BCUT2D eigenvalue weighted by Crippen LogP contribution is 2.04. The Labute approximate surface area is 159 Å². The smallest absolute Gasteiger partial charge is 0.252 e. The molecule has 140 valence electrons. The van der Waals surface area contributed by atoms with Gasteiger partial charge in [-0.3, -0.25) is 9.59 Å². The van der Waals surface area contributed by atoms with Crippen molar-refractivity contribution in [2.24, 2.45) is 16.1 Å². The van der Waals surface area contributed by atoms with E-state index in [2.05, 4.69) is 21.1 Å². The van der Waals surface area contributed by atoms with Gasteiger partial charge in [-0.2, -0.15) is 10.2 Å². The average molecular weight is 364 g/mol. The molecule has 0 unspecified atom stereocenters. The lowest BCUT2D eigenvalue weighted by molar-refractivity contribution is -0.135. The Morgan fingerprint density at radius 1 is 0.815 bits per heavy atom. The quantitative estimate of drug-likeness (QED) is 0.450. The minimum absolute atomic E-state index is 0.345. The summed E-state index contributed by atoms with van der Waals surface area (Å²) in [4.78, 5) is 24.4. The van der Waals surface area contributed by atoms with E-state index >= 15 is 0 Å². The molecule has 6 heteroatoms. The van der Waals surface area contributed by atoms with Gasteiger partial charge in [-0.25, -0.2) is 10.9 Å². The summed E-state index contributed by atoms with van der Waals surface area (Å²) in [5.74, 6) is -1.80. The van der Waals surface area contributed by atoms with Crippen LogP contribution < -0.4 is 10.9 Å². The zero-order chi connectivity index (χ0) is 19.6. The van der Waals surface area contributed by atoms with E-state index in [1.807, 2.05) is 62.4 Å². The predicted molar refractivity (Wildman–Crippen MR) is 108 cm³/mol. The highest BCUT2D eigenvalue weighted by atomic mass is 16.2. The van der Waals surface area contributed by atoms with E-state index in [0.717, 1.165) is 22.3 Å². The van der Waals surface area contributed by atoms with Crippen LogP contribution in [0.1, 0.15) is 35.6 Å². The number of rotatable bonds is 7. The zero-order valence-electron chi connectivity index (χ0n) is 15.8. The van der Waals surface area contributed by atoms with Crippen molar-refractivity contribution in [3.05, 3.63) is 70.8 Å². The van der Waals surface area contributed by atoms with Crippen LogP contribution in [0.5, 0.6) is 0 Å². The molecule has 2 N–H and O–H groups in total. The summed E-state index contributed by atoms with van der Waals surface area (Å²) >= 11 is 0. The molecule has 2 aromatic rings. The molecular weight excluding hydrogens is 340 g/mol. The fourth-order valence-electron chi connectivity index (χ4n) is 2.29. The lowest BCUT2D eigenvalue weighted by atomic mass is 10.1. The van der Waals surface area contributed by atoms with Crippen LogP contribution in [0.4, 0.5) is 0 Å². The molecule has 0 atom stereocenters. The number of hydrogen-bond acceptors (Lipinski definition) is 4. The molecule has 0 fully saturated rings. The molecule has 27 heavy (non-hydrogen) atoms. The van der Waals surface area contributed by atoms with Gasteiger partial charge in [0.1, 0.15) is 5.92 Å². The summed E-state index contributed by atoms with van der Waals surface area (Å²) < 4.78 is 0. The third kappa shape index (κ3) is 6.51. The number of benzene rings is 2. The molecule has 0 spiro atoms. The number of nitrogens with one attached hydrogen (secondary N) is 2. The van der Waals surface area contributed by atoms with Crippen LogP contribution in [-0.4, -0.2) is 24.2 Å². The topological polar surface area (TPSA) is 82.9 Å². The Morgan fingerprint density at radius 3 is 1.52 bits per heavy atom. The van der Waals surface area contributed by atoms with Crippen molar-refractivity contribution in [1.29, 1.82) is 0 Å². The number of amides is 2. The number of hydrogen-bond donors (Lipinski definition) is 2. The highest BCUT2D eigenvalue weighted by molar-refractivity contribution is 6.00. The second-order valence-corrected chi connectivity index (χ2v) is 6.25. The Morgan fingerprint density at radius 2 is 1.19 bits per heavy atom. The van der Waals surface area contributed by atoms with Gasteiger partial charge in [0.15, 0.2) is 0 Å². The van der Waals surface area contributed by atoms with E-state index in [1.54, 1.807) is 6.92 Å². The van der Waals surface area contributed by atoms with Gasteiger partial charge in [-0.05, 0) is 31.4 Å². The first-order valence-electron chi connectivity index (χ1n) is 8.78. The Bertz CT molecular complexity index is 755. The molecule has 2 amide bonds. The standard InChI is InChI=1S/C21H24N4O2/c1-4-19(20(26)24-22-13-17-9-5-15(2)6-10-17)21(27)25-23-14-18-11-7-16(3)8-12-18/h5-14,19H,4H2,1-3H3,(H,24,26)(H,25,27)/b22-13-,23-14-. The van der Waals surface area contributed by atoms with Crippen molar-refractivity contribution in [2.45, 2.75) is 27.2 Å². The molecule has 0 bridgehead atoms. The molecule has 2 rings (SSSR count). The van der Waals surface area contributed by atoms with Gasteiger partial charge in [-0.1, -0.05) is 66.6 Å². The summed E-state index contributed by atoms with van der Waals surface area (Å²) in [5.41, 5.74) is 8.83. The second kappa shape index (κ2) is 10.0. The molecular formula is C21H24N4O2. The highest BCUT2D eigenvalue weighted by Gasteiger charge is 2.24. The second-order valence-electron chi connectivity index (χ2n) is 6.25. The van der Waals surface area contributed by atoms with E-state index < -0.39 is 17.7 Å². The van der Waals surface area contributed by atoms with Gasteiger partial charge in [-0.15, -0.1) is 0 Å². The monoisotopic (exact) mass is 364 g/mol. The minimum atomic E-state index is -0.865. The minimum Gasteiger partial charge on any atom is -0.272 e. The maximum atomic E-state index is 12.2. The summed E-state index contributed by atoms with van der Waals surface area (Å²) in [6, 6.07) is 15.4. The van der Waals surface area contributed by atoms with E-state index in [-0.39, 0.29) is 0 Å². The van der Waals surface area contributed by atoms with Crippen molar-refractivity contribution in [2.75, 3.05) is 0 Å². The third-order valence-corrected chi connectivity index (χ3v) is 3.97. The van der Waals surface area contributed by atoms with Crippen LogP contribution in [0.15, 0.2) is 58.7 Å². The van der Waals surface area contributed by atoms with Crippen molar-refractivity contribution in [3.63, 3.8) is 0 Å². The van der Waals surface area contributed by atoms with Gasteiger partial charge in [0, 0.05) is 0 Å². The van der Waals surface area contributed by atoms with Crippen molar-refractivity contribution in [3.8, 4) is 0 Å². The maximum absolute atomic E-state index is 12.2. The molecule has 0 saturated heterocycles. The van der Waals surface area contributed by atoms with E-state index in [4.69, 9.17) is 0 Å². The van der Waals surface area contributed by atoms with Crippen LogP contribution in [0, 0.1) is 19.8 Å². The molecule has 0 radical (unpaired) electrons. The molecule has 6 nitrogen and oxygen atoms in total. The first-order chi connectivity index (χ1) is 13.0. The fraction of sp³-hybridized carbons (Fsp3) is 0.238. The maximum Gasteiger partial charge on any atom is 0.252 e. The summed E-state index contributed by atoms with van der Waals surface area (Å²) in [5, 5.41) is 7.83.